The first-order valence-corrected chi connectivity index (χ1v) is 51.0. The quantitative estimate of drug-likeness (QED) is 0.0264. The first-order chi connectivity index (χ1) is 70.4. The lowest BCUT2D eigenvalue weighted by Crippen LogP contribution is -2.75. The number of hydrogen-bond acceptors (Lipinski definition) is 29. The molecule has 1 aliphatic carbocycles. The summed E-state index contributed by atoms with van der Waals surface area (Å²) in [6, 6.07) is 44.9. The average molecular weight is 2050 g/mol. The molecule has 148 heavy (non-hydrogen) atoms. The fourth-order valence-corrected chi connectivity index (χ4v) is 24.2. The van der Waals surface area contributed by atoms with Crippen molar-refractivity contribution in [2.75, 3.05) is 160 Å². The second-order valence-electron chi connectivity index (χ2n) is 40.7. The number of aliphatic hydroxyl groups excluding tert-OH is 6. The van der Waals surface area contributed by atoms with E-state index in [4.69, 9.17) is 47.0 Å². The Morgan fingerprint density at radius 2 is 0.669 bits per heavy atom. The van der Waals surface area contributed by atoms with Gasteiger partial charge in [0.05, 0.1) is 104 Å². The highest BCUT2D eigenvalue weighted by Crippen LogP contribution is 2.50. The molecule has 1 saturated carbocycles. The number of anilines is 4. The summed E-state index contributed by atoms with van der Waals surface area (Å²) in [4.78, 5) is 160. The second kappa shape index (κ2) is 48.4. The Balaban J connectivity index is 0.000000150. The van der Waals surface area contributed by atoms with E-state index in [1.807, 2.05) is 134 Å². The maximum Gasteiger partial charge on any atom is 0.249 e. The Hall–Kier alpha value is -12.5. The number of nitrogens with zero attached hydrogens (tertiary/aromatic N) is 12. The molecule has 15 atom stereocenters. The standard InChI is InChI=1S/C24H29N3O5.C24H29N3O4.C17H23N3O3.C17H23N3O2.C16H26N4O4.C10H16N2O3.CH4/c1-16(28)21(22(29)25-17-5-9-19(31-2)10-6-17)27-14-4-13-24(27)15-26(23(24)30)18-7-11-20(32-3)12-8-18;1-17(28)21(22(29)25-19-9-11-20(31-2)12-10-19)27-14-6-13-24(27)16-26(23(24)30)15-18-7-4-3-5-8-18;1-12(18)15(10-21)20-9-3-8-17(20)11-19(16(17)22)13-4-6-14(23-2)7-5-13;1-13(18)15(11-21)20-9-5-8-17(20)12-19(16(17)22)10-14-6-3-2-4-7-14;1-11(21)13(14(17)23)20-8-4-5-16(20)10-19(15(16)24)9-12(22)18-6-2-3-7-18;11-9(15)7(6-13)12-5-1-3-10(12)4-2-8(10)14;/h5-12,16,21,28H,4,13-15H2,1-3H3,(H,25,29);3-5,7-12,17,21,28H,6,13-16H2,1-2H3,(H,25,29);4-7,15,21H,1,3,8-11,18H2,2H3;2-4,6-7,15,21H,1,5,8-12,18H2;11,13,21H,2-10H2,1H3,(H2,17,23);7,13H,1-6H2,(H2,11,15);1H4/t;;;;11-,13+,16?;;/m....1../s1. The van der Waals surface area contributed by atoms with E-state index in [9.17, 15) is 78.3 Å². The minimum Gasteiger partial charge on any atom is -0.497 e. The molecule has 19 rings (SSSR count). The van der Waals surface area contributed by atoms with E-state index in [0.29, 0.717) is 132 Å². The van der Waals surface area contributed by atoms with Crippen molar-refractivity contribution in [3.8, 4) is 23.0 Å². The third kappa shape index (κ3) is 22.7. The molecule has 39 nitrogen and oxygen atoms in total. The number of aliphatic hydroxyl groups is 6. The number of nitrogens with two attached hydrogens (primary N) is 4. The van der Waals surface area contributed by atoms with Gasteiger partial charge in [-0.05, 0) is 225 Å². The van der Waals surface area contributed by atoms with E-state index in [2.05, 4.69) is 28.7 Å². The fourth-order valence-electron chi connectivity index (χ4n) is 24.2. The van der Waals surface area contributed by atoms with Gasteiger partial charge in [0.25, 0.3) is 0 Å². The normalized spacial score (nSPS) is 25.7. The van der Waals surface area contributed by atoms with Crippen LogP contribution in [-0.2, 0) is 65.8 Å². The molecule has 39 heteroatoms. The number of hydrogen-bond donors (Lipinski definition) is 12. The van der Waals surface area contributed by atoms with Crippen LogP contribution in [0.1, 0.15) is 142 Å². The van der Waals surface area contributed by atoms with E-state index in [1.54, 1.807) is 120 Å². The molecule has 13 unspecified atom stereocenters. The van der Waals surface area contributed by atoms with E-state index in [-0.39, 0.29) is 98.9 Å². The van der Waals surface area contributed by atoms with Crippen LogP contribution in [0.5, 0.6) is 23.0 Å². The van der Waals surface area contributed by atoms with Crippen LogP contribution in [-0.4, -0.2) is 372 Å². The number of rotatable bonds is 32. The SMILES string of the molecule is C.C=C(N)C(CO)N1CCCC12CN(Cc1ccccc1)C2=O.C=C(N)C(CO)N1CCCC12CN(c1ccc(OC)cc1)C2=O.COc1ccc(NC(=O)C(C(C)O)N2CCCC23CN(Cc2ccccc2)C3=O)cc1.COc1ccc(NC(=O)C(C(C)O)N2CCCC23CN(c2ccc(OC)cc2)C3=O)cc1.C[C@@H](O)[C@@H](C(N)=O)N1CCCC12CN(CC(=O)N1CCCC1)C2=O.NC(=O)C(CO)N1CCCC12CCC2=O. The smallest absolute Gasteiger partial charge is 0.249 e. The van der Waals surface area contributed by atoms with Crippen molar-refractivity contribution in [2.24, 2.45) is 22.9 Å². The Labute approximate surface area is 866 Å². The van der Waals surface area contributed by atoms with Gasteiger partial charge in [0.2, 0.25) is 59.1 Å². The van der Waals surface area contributed by atoms with Crippen molar-refractivity contribution in [1.82, 2.24) is 49.0 Å². The molecule has 12 saturated heterocycles. The first kappa shape index (κ1) is 113. The summed E-state index contributed by atoms with van der Waals surface area (Å²) in [7, 11) is 6.38. The highest BCUT2D eigenvalue weighted by Gasteiger charge is 2.66. The summed E-state index contributed by atoms with van der Waals surface area (Å²) in [5.74, 6) is 1.34. The molecular formula is C109H150N18O21. The number of carbonyl (C=O) groups excluding carboxylic acids is 11. The number of likely N-dealkylation sites (tertiary alicyclic amines) is 10. The molecule has 10 amide bonds. The van der Waals surface area contributed by atoms with Crippen molar-refractivity contribution in [3.63, 3.8) is 0 Å². The lowest BCUT2D eigenvalue weighted by molar-refractivity contribution is -0.170. The van der Waals surface area contributed by atoms with Gasteiger partial charge in [0, 0.05) is 126 Å². The summed E-state index contributed by atoms with van der Waals surface area (Å²) < 4.78 is 20.6. The zero-order chi connectivity index (χ0) is 106. The number of methoxy groups -OCH3 is 4. The molecule has 12 aliphatic heterocycles. The number of ether oxygens (including phenoxy) is 4. The van der Waals surface area contributed by atoms with Gasteiger partial charge in [-0.3, -0.25) is 82.1 Å². The second-order valence-corrected chi connectivity index (χ2v) is 40.7. The predicted molar refractivity (Wildman–Crippen MR) is 557 cm³/mol. The Bertz CT molecular complexity index is 5670. The van der Waals surface area contributed by atoms with Crippen molar-refractivity contribution in [2.45, 2.75) is 232 Å². The first-order valence-electron chi connectivity index (χ1n) is 51.0. The van der Waals surface area contributed by atoms with Gasteiger partial charge in [-0.2, -0.15) is 0 Å². The highest BCUT2D eigenvalue weighted by atomic mass is 16.5. The molecule has 16 N–H and O–H groups in total. The van der Waals surface area contributed by atoms with Gasteiger partial charge in [0.15, 0.2) is 5.78 Å². The number of carbonyl (C=O) groups is 11. The summed E-state index contributed by atoms with van der Waals surface area (Å²) in [5, 5.41) is 65.0. The molecular weight excluding hydrogens is 1900 g/mol. The molecule has 802 valence electrons. The van der Waals surface area contributed by atoms with Crippen LogP contribution in [0, 0.1) is 0 Å². The van der Waals surface area contributed by atoms with Crippen LogP contribution in [0.2, 0.25) is 0 Å². The average Bonchev–Trinajstić information content (AvgIpc) is 1.50. The highest BCUT2D eigenvalue weighted by molar-refractivity contribution is 6.10. The summed E-state index contributed by atoms with van der Waals surface area (Å²) in [5.41, 5.74) is 24.5. The van der Waals surface area contributed by atoms with E-state index >= 15 is 0 Å². The number of nitrogens with one attached hydrogen (secondary N) is 2. The maximum atomic E-state index is 13.4. The zero-order valence-corrected chi connectivity index (χ0v) is 85.4. The monoisotopic (exact) mass is 2050 g/mol. The Morgan fingerprint density at radius 1 is 0.365 bits per heavy atom. The van der Waals surface area contributed by atoms with Crippen LogP contribution in [0.25, 0.3) is 0 Å². The van der Waals surface area contributed by atoms with Crippen LogP contribution in [0.4, 0.5) is 22.7 Å². The van der Waals surface area contributed by atoms with E-state index in [0.717, 1.165) is 137 Å². The van der Waals surface area contributed by atoms with E-state index in [1.165, 1.54) is 6.92 Å². The third-order valence-electron chi connectivity index (χ3n) is 31.8. The molecule has 0 aromatic heterocycles. The summed E-state index contributed by atoms with van der Waals surface area (Å²) >= 11 is 0. The minimum absolute atomic E-state index is 0. The lowest BCUT2D eigenvalue weighted by Gasteiger charge is -2.53. The molecule has 13 aliphatic rings. The zero-order valence-electron chi connectivity index (χ0n) is 85.4. The van der Waals surface area contributed by atoms with Gasteiger partial charge in [0.1, 0.15) is 74.9 Å². The van der Waals surface area contributed by atoms with Crippen LogP contribution in [0.3, 0.4) is 0 Å². The summed E-state index contributed by atoms with van der Waals surface area (Å²) in [6.07, 6.45) is 10.2. The lowest BCUT2D eigenvalue weighted by atomic mass is 9.73. The molecule has 12 heterocycles. The van der Waals surface area contributed by atoms with Crippen molar-refractivity contribution in [1.29, 1.82) is 0 Å². The van der Waals surface area contributed by atoms with Gasteiger partial charge < -0.3 is 113 Å². The number of benzene rings is 6. The Morgan fingerprint density at radius 3 is 0.959 bits per heavy atom. The molecule has 0 bridgehead atoms. The number of Topliss-reactive ketones (excluding diaryl/α,β-unsaturated/α-hetero) is 1. The van der Waals surface area contributed by atoms with Crippen molar-refractivity contribution < 1.29 is 102 Å². The Kier molecular flexibility index (Phi) is 36.9. The van der Waals surface area contributed by atoms with Crippen LogP contribution < -0.4 is 62.3 Å². The van der Waals surface area contributed by atoms with E-state index < -0.39 is 87.5 Å². The molecule has 6 aromatic rings. The van der Waals surface area contributed by atoms with Gasteiger partial charge in [-0.15, -0.1) is 0 Å². The van der Waals surface area contributed by atoms with Crippen molar-refractivity contribution in [3.05, 3.63) is 193 Å². The predicted octanol–water partition coefficient (Wildman–Crippen LogP) is 4.13. The molecule has 0 radical (unpaired) electrons. The van der Waals surface area contributed by atoms with Gasteiger partial charge >= 0.3 is 0 Å². The fraction of sp³-hybridized carbons (Fsp3) is 0.532. The topological polar surface area (TPSA) is 513 Å². The maximum absolute atomic E-state index is 13.4. The molecule has 6 aromatic carbocycles. The van der Waals surface area contributed by atoms with Gasteiger partial charge in [-0.1, -0.05) is 81.2 Å². The third-order valence-corrected chi connectivity index (χ3v) is 31.8. The summed E-state index contributed by atoms with van der Waals surface area (Å²) in [6.45, 7) is 21.3. The molecule has 13 fully saturated rings. The number of ketones is 1. The number of amides is 10. The van der Waals surface area contributed by atoms with Crippen molar-refractivity contribution >= 4 is 87.6 Å². The number of primary amides is 2. The molecule has 6 spiro atoms. The van der Waals surface area contributed by atoms with Crippen LogP contribution in [0.15, 0.2) is 182 Å². The van der Waals surface area contributed by atoms with Crippen LogP contribution >= 0.6 is 0 Å². The van der Waals surface area contributed by atoms with Gasteiger partial charge in [-0.25, -0.2) is 0 Å². The number of β-lactam (4-membered cyclic amide) rings is 5. The minimum atomic E-state index is -0.939. The largest absolute Gasteiger partial charge is 0.497 e.